The number of allylic oxidation sites excluding steroid dienone is 2. The quantitative estimate of drug-likeness (QED) is 0.578. The van der Waals surface area contributed by atoms with Gasteiger partial charge in [-0.1, -0.05) is 29.5 Å². The van der Waals surface area contributed by atoms with Crippen molar-refractivity contribution in [1.29, 1.82) is 0 Å². The summed E-state index contributed by atoms with van der Waals surface area (Å²) in [6.45, 7) is 3.47. The van der Waals surface area contributed by atoms with Crippen LogP contribution in [0.1, 0.15) is 31.6 Å². The summed E-state index contributed by atoms with van der Waals surface area (Å²) in [6, 6.07) is 4.64. The topological polar surface area (TPSA) is 118 Å². The Bertz CT molecular complexity index is 1200. The van der Waals surface area contributed by atoms with Crippen LogP contribution in [0.15, 0.2) is 47.0 Å². The van der Waals surface area contributed by atoms with Gasteiger partial charge < -0.3 is 28.9 Å². The predicted octanol–water partition coefficient (Wildman–Crippen LogP) is 2.41. The lowest BCUT2D eigenvalue weighted by atomic mass is 9.92. The predicted molar refractivity (Wildman–Crippen MR) is 134 cm³/mol. The Kier molecular flexibility index (Phi) is 7.27. The van der Waals surface area contributed by atoms with Crippen LogP contribution in [0.3, 0.4) is 0 Å². The van der Waals surface area contributed by atoms with Crippen LogP contribution in [-0.2, 0) is 9.59 Å². The molecule has 5 rings (SSSR count). The lowest BCUT2D eigenvalue weighted by Crippen LogP contribution is -2.53. The minimum absolute atomic E-state index is 0.0223. The fourth-order valence-electron chi connectivity index (χ4n) is 5.35. The number of fused-ring (bicyclic) bond motifs is 1. The molecule has 2 saturated heterocycles. The lowest BCUT2D eigenvalue weighted by Gasteiger charge is -2.35. The number of carbonyl (C=O) groups is 2. The lowest BCUT2D eigenvalue weighted by molar-refractivity contribution is -0.146. The summed E-state index contributed by atoms with van der Waals surface area (Å²) in [4.78, 5) is 34.1. The maximum atomic E-state index is 13.3. The van der Waals surface area contributed by atoms with Gasteiger partial charge in [0, 0.05) is 37.0 Å². The summed E-state index contributed by atoms with van der Waals surface area (Å²) >= 11 is 0. The molecule has 2 fully saturated rings. The van der Waals surface area contributed by atoms with Gasteiger partial charge in [-0.05, 0) is 38.0 Å². The smallest absolute Gasteiger partial charge is 0.247 e. The van der Waals surface area contributed by atoms with E-state index >= 15 is 0 Å². The van der Waals surface area contributed by atoms with Crippen molar-refractivity contribution in [3.8, 4) is 22.9 Å². The highest BCUT2D eigenvalue weighted by Crippen LogP contribution is 2.34. The van der Waals surface area contributed by atoms with Crippen molar-refractivity contribution in [3.05, 3.63) is 48.4 Å². The zero-order chi connectivity index (χ0) is 25.9. The third kappa shape index (κ3) is 4.85. The van der Waals surface area contributed by atoms with Gasteiger partial charge in [0.25, 0.3) is 0 Å². The van der Waals surface area contributed by atoms with Crippen molar-refractivity contribution >= 4 is 11.8 Å². The number of hydrogen-bond acceptors (Lipinski definition) is 8. The van der Waals surface area contributed by atoms with E-state index in [2.05, 4.69) is 10.1 Å². The Morgan fingerprint density at radius 1 is 1.22 bits per heavy atom. The van der Waals surface area contributed by atoms with Crippen molar-refractivity contribution in [3.63, 3.8) is 0 Å². The van der Waals surface area contributed by atoms with Gasteiger partial charge in [0.1, 0.15) is 6.04 Å². The molecule has 2 aromatic rings. The van der Waals surface area contributed by atoms with Gasteiger partial charge in [0.2, 0.25) is 23.5 Å². The van der Waals surface area contributed by atoms with E-state index in [9.17, 15) is 14.7 Å². The summed E-state index contributed by atoms with van der Waals surface area (Å²) in [5, 5.41) is 14.2. The van der Waals surface area contributed by atoms with Crippen LogP contribution in [0.5, 0.6) is 11.5 Å². The third-order valence-electron chi connectivity index (χ3n) is 7.38. The first kappa shape index (κ1) is 25.0. The molecule has 3 unspecified atom stereocenters. The molecule has 1 aromatic carbocycles. The van der Waals surface area contributed by atoms with Crippen molar-refractivity contribution in [2.24, 2.45) is 11.8 Å². The summed E-state index contributed by atoms with van der Waals surface area (Å²) < 4.78 is 16.6. The van der Waals surface area contributed by atoms with Crippen LogP contribution in [0.2, 0.25) is 0 Å². The zero-order valence-corrected chi connectivity index (χ0v) is 21.1. The van der Waals surface area contributed by atoms with Crippen LogP contribution in [-0.4, -0.2) is 82.9 Å². The molecule has 1 N–H and O–H groups in total. The summed E-state index contributed by atoms with van der Waals surface area (Å²) in [7, 11) is 1.58. The molecule has 1 aliphatic carbocycles. The van der Waals surface area contributed by atoms with Crippen LogP contribution < -0.4 is 9.47 Å². The van der Waals surface area contributed by atoms with E-state index in [4.69, 9.17) is 14.0 Å². The molecule has 2 aliphatic heterocycles. The number of aromatic nitrogens is 2. The average Bonchev–Trinajstić information content (AvgIpc) is 3.55. The number of ether oxygens (including phenoxy) is 2. The molecule has 3 heterocycles. The normalized spacial score (nSPS) is 22.3. The van der Waals surface area contributed by atoms with Crippen molar-refractivity contribution in [1.82, 2.24) is 19.9 Å². The molecule has 0 radical (unpaired) electrons. The fourth-order valence-corrected chi connectivity index (χ4v) is 5.35. The summed E-state index contributed by atoms with van der Waals surface area (Å²) in [5.74, 6) is 1.75. The van der Waals surface area contributed by atoms with E-state index in [1.165, 1.54) is 0 Å². The number of benzene rings is 1. The number of methoxy groups -OCH3 is 1. The molecule has 37 heavy (non-hydrogen) atoms. The first-order valence-electron chi connectivity index (χ1n) is 12.7. The second-order valence-corrected chi connectivity index (χ2v) is 9.50. The monoisotopic (exact) mass is 508 g/mol. The first-order valence-corrected chi connectivity index (χ1v) is 12.7. The number of piperidine rings is 1. The highest BCUT2D eigenvalue weighted by Gasteiger charge is 2.44. The van der Waals surface area contributed by atoms with Gasteiger partial charge >= 0.3 is 0 Å². The summed E-state index contributed by atoms with van der Waals surface area (Å²) in [5.41, 5.74) is 0.759. The van der Waals surface area contributed by atoms with Crippen LogP contribution in [0, 0.1) is 11.8 Å². The van der Waals surface area contributed by atoms with Gasteiger partial charge in [0.15, 0.2) is 11.5 Å². The second-order valence-electron chi connectivity index (χ2n) is 9.50. The minimum Gasteiger partial charge on any atom is -0.493 e. The number of amides is 2. The molecule has 3 atom stereocenters. The van der Waals surface area contributed by atoms with Gasteiger partial charge in [-0.15, -0.1) is 0 Å². The van der Waals surface area contributed by atoms with Gasteiger partial charge in [-0.25, -0.2) is 0 Å². The molecule has 10 heteroatoms. The number of carbonyl (C=O) groups excluding carboxylic acids is 2. The van der Waals surface area contributed by atoms with Crippen molar-refractivity contribution in [2.75, 3.05) is 40.0 Å². The molecule has 196 valence electrons. The number of hydrogen-bond donors (Lipinski definition) is 1. The molecule has 0 saturated carbocycles. The number of aliphatic hydroxyl groups is 1. The maximum Gasteiger partial charge on any atom is 0.247 e. The SMILES string of the molecule is CCOc1ccc(-c2noc(C3CCN(C(=O)C(CO)N4CC5C=CC=CC5C4=O)CC3)n2)cc1OC. The Morgan fingerprint density at radius 2 is 2.00 bits per heavy atom. The fraction of sp³-hybridized carbons (Fsp3) is 0.481. The van der Waals surface area contributed by atoms with E-state index in [0.29, 0.717) is 62.3 Å². The Labute approximate surface area is 215 Å². The minimum atomic E-state index is -0.860. The highest BCUT2D eigenvalue weighted by atomic mass is 16.5. The maximum absolute atomic E-state index is 13.3. The molecule has 3 aliphatic rings. The Balaban J connectivity index is 1.21. The number of likely N-dealkylation sites (tertiary alicyclic amines) is 2. The van der Waals surface area contributed by atoms with E-state index in [-0.39, 0.29) is 29.6 Å². The molecule has 0 bridgehead atoms. The molecular weight excluding hydrogens is 476 g/mol. The second kappa shape index (κ2) is 10.8. The van der Waals surface area contributed by atoms with Gasteiger partial charge in [0.05, 0.1) is 26.2 Å². The average molecular weight is 509 g/mol. The third-order valence-corrected chi connectivity index (χ3v) is 7.38. The van der Waals surface area contributed by atoms with E-state index in [1.807, 2.05) is 49.4 Å². The van der Waals surface area contributed by atoms with Crippen LogP contribution in [0.4, 0.5) is 0 Å². The van der Waals surface area contributed by atoms with Gasteiger partial charge in [-0.3, -0.25) is 9.59 Å². The van der Waals surface area contributed by atoms with Crippen LogP contribution >= 0.6 is 0 Å². The summed E-state index contributed by atoms with van der Waals surface area (Å²) in [6.07, 6.45) is 8.96. The van der Waals surface area contributed by atoms with E-state index in [1.54, 1.807) is 16.9 Å². The molecule has 2 amide bonds. The van der Waals surface area contributed by atoms with Crippen molar-refractivity contribution < 1.29 is 28.7 Å². The van der Waals surface area contributed by atoms with E-state index < -0.39 is 12.6 Å². The highest BCUT2D eigenvalue weighted by molar-refractivity contribution is 5.91. The van der Waals surface area contributed by atoms with Crippen molar-refractivity contribution in [2.45, 2.75) is 31.7 Å². The van der Waals surface area contributed by atoms with Gasteiger partial charge in [-0.2, -0.15) is 4.98 Å². The molecule has 1 aromatic heterocycles. The molecular formula is C27H32N4O6. The zero-order valence-electron chi connectivity index (χ0n) is 21.1. The Hall–Kier alpha value is -3.66. The molecule has 10 nitrogen and oxygen atoms in total. The van der Waals surface area contributed by atoms with Crippen LogP contribution in [0.25, 0.3) is 11.4 Å². The standard InChI is InChI=1S/C27H32N4O6/c1-3-36-22-9-8-18(14-23(22)35-2)24-28-25(37-29-24)17-10-12-30(13-11-17)27(34)21(16-32)31-15-19-6-4-5-7-20(19)26(31)33/h4-9,14,17,19-21,32H,3,10-13,15-16H2,1-2H3. The van der Waals surface area contributed by atoms with E-state index in [0.717, 1.165) is 5.56 Å². The number of rotatable bonds is 8. The first-order chi connectivity index (χ1) is 18.0. The molecule has 0 spiro atoms. The number of nitrogens with zero attached hydrogens (tertiary/aromatic N) is 4. The Morgan fingerprint density at radius 3 is 2.70 bits per heavy atom. The number of aliphatic hydroxyl groups excluding tert-OH is 1. The largest absolute Gasteiger partial charge is 0.493 e.